The maximum atomic E-state index is 12.8. The van der Waals surface area contributed by atoms with Crippen LogP contribution in [0.25, 0.3) is 0 Å². The molecule has 1 aromatic rings. The van der Waals surface area contributed by atoms with Crippen LogP contribution in [0, 0.1) is 0 Å². The third kappa shape index (κ3) is 4.66. The minimum atomic E-state index is -4.32. The summed E-state index contributed by atoms with van der Waals surface area (Å²) in [4.78, 5) is 0. The Morgan fingerprint density at radius 2 is 2.05 bits per heavy atom. The molecule has 0 saturated heterocycles. The first-order valence-electron chi connectivity index (χ1n) is 6.00. The van der Waals surface area contributed by atoms with Gasteiger partial charge in [-0.2, -0.15) is 13.2 Å². The van der Waals surface area contributed by atoms with Crippen molar-refractivity contribution in [2.24, 2.45) is 0 Å². The van der Waals surface area contributed by atoms with Crippen molar-refractivity contribution in [3.05, 3.63) is 46.0 Å². The summed E-state index contributed by atoms with van der Waals surface area (Å²) in [6, 6.07) is 3.55. The van der Waals surface area contributed by atoms with Gasteiger partial charge < -0.3 is 5.32 Å². The lowest BCUT2D eigenvalue weighted by atomic mass is 9.98. The maximum Gasteiger partial charge on any atom is 0.416 e. The molecule has 1 nitrogen and oxygen atoms in total. The van der Waals surface area contributed by atoms with Crippen molar-refractivity contribution in [1.82, 2.24) is 5.32 Å². The lowest BCUT2D eigenvalue weighted by Crippen LogP contribution is -2.22. The van der Waals surface area contributed by atoms with E-state index in [0.717, 1.165) is 11.6 Å². The summed E-state index contributed by atoms with van der Waals surface area (Å²) in [7, 11) is 0. The van der Waals surface area contributed by atoms with Gasteiger partial charge in [0.1, 0.15) is 0 Å². The van der Waals surface area contributed by atoms with E-state index in [2.05, 4.69) is 27.8 Å². The second-order valence-electron chi connectivity index (χ2n) is 4.51. The zero-order valence-electron chi connectivity index (χ0n) is 10.9. The molecule has 106 valence electrons. The number of nitrogens with one attached hydrogen (secondary N) is 1. The monoisotopic (exact) mass is 335 g/mol. The Morgan fingerprint density at radius 1 is 1.42 bits per heavy atom. The summed E-state index contributed by atoms with van der Waals surface area (Å²) in [6.45, 7) is 8.30. The van der Waals surface area contributed by atoms with Gasteiger partial charge in [-0.3, -0.25) is 0 Å². The van der Waals surface area contributed by atoms with E-state index in [9.17, 15) is 13.2 Å². The summed E-state index contributed by atoms with van der Waals surface area (Å²) in [5.41, 5.74) is 0.908. The normalized spacial score (nSPS) is 13.4. The van der Waals surface area contributed by atoms with Gasteiger partial charge in [0.2, 0.25) is 0 Å². The Bertz CT molecular complexity index is 454. The number of hydrogen-bond donors (Lipinski definition) is 1. The predicted octanol–water partition coefficient (Wildman–Crippen LogP) is 5.08. The predicted molar refractivity (Wildman–Crippen MR) is 75.0 cm³/mol. The van der Waals surface area contributed by atoms with Crippen molar-refractivity contribution in [1.29, 1.82) is 0 Å². The molecule has 1 rings (SSSR count). The second-order valence-corrected chi connectivity index (χ2v) is 5.36. The smallest absolute Gasteiger partial charge is 0.310 e. The van der Waals surface area contributed by atoms with Crippen molar-refractivity contribution >= 4 is 15.9 Å². The van der Waals surface area contributed by atoms with E-state index < -0.39 is 11.7 Å². The molecular formula is C14H17BrF3N. The molecule has 0 spiro atoms. The van der Waals surface area contributed by atoms with Crippen LogP contribution < -0.4 is 5.32 Å². The van der Waals surface area contributed by atoms with E-state index in [1.807, 2.05) is 13.8 Å². The van der Waals surface area contributed by atoms with Gasteiger partial charge in [-0.1, -0.05) is 28.4 Å². The largest absolute Gasteiger partial charge is 0.416 e. The van der Waals surface area contributed by atoms with Crippen LogP contribution in [0.15, 0.2) is 34.8 Å². The molecule has 0 heterocycles. The summed E-state index contributed by atoms with van der Waals surface area (Å²) < 4.78 is 38.9. The van der Waals surface area contributed by atoms with Crippen molar-refractivity contribution in [2.45, 2.75) is 32.5 Å². The number of benzene rings is 1. The minimum absolute atomic E-state index is 0.167. The second kappa shape index (κ2) is 6.57. The molecule has 0 aliphatic carbocycles. The quantitative estimate of drug-likeness (QED) is 0.739. The topological polar surface area (TPSA) is 12.0 Å². The molecule has 5 heteroatoms. The first-order chi connectivity index (χ1) is 8.75. The molecule has 1 atom stereocenters. The van der Waals surface area contributed by atoms with Gasteiger partial charge in [0.05, 0.1) is 5.56 Å². The Labute approximate surface area is 120 Å². The van der Waals surface area contributed by atoms with Crippen LogP contribution in [0.1, 0.15) is 37.4 Å². The Kier molecular flexibility index (Phi) is 5.62. The highest BCUT2D eigenvalue weighted by Gasteiger charge is 2.31. The van der Waals surface area contributed by atoms with Gasteiger partial charge >= 0.3 is 6.18 Å². The van der Waals surface area contributed by atoms with Crippen LogP contribution in [0.4, 0.5) is 13.2 Å². The summed E-state index contributed by atoms with van der Waals surface area (Å²) in [5.74, 6) is 0. The molecule has 1 aromatic carbocycles. The Hall–Kier alpha value is -0.810. The zero-order chi connectivity index (χ0) is 14.6. The van der Waals surface area contributed by atoms with Crippen LogP contribution in [-0.2, 0) is 6.18 Å². The van der Waals surface area contributed by atoms with Gasteiger partial charge in [-0.25, -0.2) is 0 Å². The van der Waals surface area contributed by atoms with E-state index >= 15 is 0 Å². The van der Waals surface area contributed by atoms with E-state index in [0.29, 0.717) is 23.0 Å². The van der Waals surface area contributed by atoms with Gasteiger partial charge in [0.15, 0.2) is 0 Å². The fraction of sp³-hybridized carbons (Fsp3) is 0.429. The standard InChI is InChI=1S/C14H17BrF3N/c1-4-19-13(7-9(2)3)11-8-10(14(16,17)18)5-6-12(11)15/h5-6,8,13,19H,2,4,7H2,1,3H3. The third-order valence-electron chi connectivity index (χ3n) is 2.70. The highest BCUT2D eigenvalue weighted by atomic mass is 79.9. The molecule has 0 bridgehead atoms. The number of hydrogen-bond acceptors (Lipinski definition) is 1. The van der Waals surface area contributed by atoms with Gasteiger partial charge in [0.25, 0.3) is 0 Å². The Balaban J connectivity index is 3.17. The SMILES string of the molecule is C=C(C)CC(NCC)c1cc(C(F)(F)F)ccc1Br. The lowest BCUT2D eigenvalue weighted by molar-refractivity contribution is -0.137. The van der Waals surface area contributed by atoms with Crippen LogP contribution in [0.5, 0.6) is 0 Å². The molecule has 0 aliphatic rings. The molecule has 0 saturated carbocycles. The molecule has 1 N–H and O–H groups in total. The van der Waals surface area contributed by atoms with E-state index in [4.69, 9.17) is 0 Å². The minimum Gasteiger partial charge on any atom is -0.310 e. The fourth-order valence-electron chi connectivity index (χ4n) is 1.87. The van der Waals surface area contributed by atoms with Crippen molar-refractivity contribution in [3.8, 4) is 0 Å². The number of rotatable bonds is 5. The number of halogens is 4. The first kappa shape index (κ1) is 16.2. The first-order valence-corrected chi connectivity index (χ1v) is 6.79. The average Bonchev–Trinajstić information content (AvgIpc) is 2.27. The van der Waals surface area contributed by atoms with Crippen LogP contribution in [-0.4, -0.2) is 6.54 Å². The lowest BCUT2D eigenvalue weighted by Gasteiger charge is -2.21. The molecule has 0 fully saturated rings. The fourth-order valence-corrected chi connectivity index (χ4v) is 2.40. The highest BCUT2D eigenvalue weighted by Crippen LogP contribution is 2.35. The molecule has 1 unspecified atom stereocenters. The molecule has 0 aliphatic heterocycles. The third-order valence-corrected chi connectivity index (χ3v) is 3.42. The van der Waals surface area contributed by atoms with Gasteiger partial charge in [-0.05, 0) is 43.7 Å². The van der Waals surface area contributed by atoms with Crippen molar-refractivity contribution < 1.29 is 13.2 Å². The van der Waals surface area contributed by atoms with Crippen LogP contribution in [0.3, 0.4) is 0 Å². The van der Waals surface area contributed by atoms with E-state index in [1.54, 1.807) is 0 Å². The molecule has 19 heavy (non-hydrogen) atoms. The van der Waals surface area contributed by atoms with Crippen molar-refractivity contribution in [2.75, 3.05) is 6.54 Å². The van der Waals surface area contributed by atoms with E-state index in [-0.39, 0.29) is 6.04 Å². The summed E-state index contributed by atoms with van der Waals surface area (Å²) >= 11 is 3.32. The molecule has 0 aromatic heterocycles. The maximum absolute atomic E-state index is 12.8. The summed E-state index contributed by atoms with van der Waals surface area (Å²) in [6.07, 6.45) is -3.72. The van der Waals surface area contributed by atoms with E-state index in [1.165, 1.54) is 12.1 Å². The average molecular weight is 336 g/mol. The molecule has 0 amide bonds. The van der Waals surface area contributed by atoms with Gasteiger partial charge in [0, 0.05) is 10.5 Å². The highest BCUT2D eigenvalue weighted by molar-refractivity contribution is 9.10. The molecule has 0 radical (unpaired) electrons. The van der Waals surface area contributed by atoms with Crippen molar-refractivity contribution in [3.63, 3.8) is 0 Å². The Morgan fingerprint density at radius 3 is 2.53 bits per heavy atom. The zero-order valence-corrected chi connectivity index (χ0v) is 12.5. The van der Waals surface area contributed by atoms with Crippen LogP contribution in [0.2, 0.25) is 0 Å². The number of alkyl halides is 3. The summed E-state index contributed by atoms with van der Waals surface area (Å²) in [5, 5.41) is 3.19. The van der Waals surface area contributed by atoms with Crippen LogP contribution >= 0.6 is 15.9 Å². The van der Waals surface area contributed by atoms with Gasteiger partial charge in [-0.15, -0.1) is 6.58 Å². The molecular weight excluding hydrogens is 319 g/mol.